The second-order valence-electron chi connectivity index (χ2n) is 6.48. The average Bonchev–Trinajstić information content (AvgIpc) is 2.61. The minimum absolute atomic E-state index is 0.0414. The van der Waals surface area contributed by atoms with Crippen LogP contribution in [0, 0.1) is 5.82 Å². The van der Waals surface area contributed by atoms with Crippen LogP contribution >= 0.6 is 0 Å². The first-order chi connectivity index (χ1) is 12.7. The SMILES string of the molecule is COc1ccc(S(=O)(=O)NC2(C)COC2)cc1C(=O)Nc1ccc(F)cc1. The van der Waals surface area contributed by atoms with E-state index < -0.39 is 27.3 Å². The monoisotopic (exact) mass is 394 g/mol. The standard InChI is InChI=1S/C18H19FN2O5S/c1-18(10-26-11-18)21-27(23,24)14-7-8-16(25-2)15(9-14)17(22)20-13-5-3-12(19)4-6-13/h3-9,21H,10-11H2,1-2H3,(H,20,22). The molecule has 1 fully saturated rings. The van der Waals surface area contributed by atoms with Crippen LogP contribution < -0.4 is 14.8 Å². The van der Waals surface area contributed by atoms with Crippen LogP contribution in [-0.4, -0.2) is 40.2 Å². The van der Waals surface area contributed by atoms with E-state index in [1.807, 2.05) is 0 Å². The summed E-state index contributed by atoms with van der Waals surface area (Å²) in [7, 11) is -2.48. The Morgan fingerprint density at radius 3 is 2.41 bits per heavy atom. The van der Waals surface area contributed by atoms with Crippen molar-refractivity contribution in [3.05, 3.63) is 53.8 Å². The number of anilines is 1. The Bertz CT molecular complexity index is 956. The van der Waals surface area contributed by atoms with E-state index in [2.05, 4.69) is 10.0 Å². The Labute approximate surface area is 156 Å². The molecule has 0 spiro atoms. The molecule has 0 atom stereocenters. The highest BCUT2D eigenvalue weighted by Crippen LogP contribution is 2.26. The molecule has 1 aliphatic heterocycles. The van der Waals surface area contributed by atoms with E-state index >= 15 is 0 Å². The number of benzene rings is 2. The molecule has 1 saturated heterocycles. The van der Waals surface area contributed by atoms with Crippen molar-refractivity contribution in [2.45, 2.75) is 17.4 Å². The van der Waals surface area contributed by atoms with Crippen molar-refractivity contribution < 1.29 is 27.1 Å². The summed E-state index contributed by atoms with van der Waals surface area (Å²) in [5.41, 5.74) is -0.261. The summed E-state index contributed by atoms with van der Waals surface area (Å²) in [4.78, 5) is 12.5. The molecule has 144 valence electrons. The molecule has 1 amide bonds. The Morgan fingerprint density at radius 1 is 1.19 bits per heavy atom. The van der Waals surface area contributed by atoms with Crippen molar-refractivity contribution in [2.75, 3.05) is 25.6 Å². The zero-order chi connectivity index (χ0) is 19.7. The minimum atomic E-state index is -3.85. The molecule has 0 aromatic heterocycles. The molecule has 27 heavy (non-hydrogen) atoms. The Balaban J connectivity index is 1.88. The van der Waals surface area contributed by atoms with E-state index in [1.165, 1.54) is 49.6 Å². The third-order valence-electron chi connectivity index (χ3n) is 4.05. The van der Waals surface area contributed by atoms with Crippen LogP contribution in [0.1, 0.15) is 17.3 Å². The minimum Gasteiger partial charge on any atom is -0.496 e. The van der Waals surface area contributed by atoms with Crippen LogP contribution in [0.15, 0.2) is 47.4 Å². The summed E-state index contributed by atoms with van der Waals surface area (Å²) in [5.74, 6) is -0.793. The van der Waals surface area contributed by atoms with Crippen molar-refractivity contribution in [1.29, 1.82) is 0 Å². The molecule has 1 aliphatic rings. The lowest BCUT2D eigenvalue weighted by atomic mass is 10.0. The fraction of sp³-hybridized carbons (Fsp3) is 0.278. The maximum Gasteiger partial charge on any atom is 0.259 e. The number of halogens is 1. The van der Waals surface area contributed by atoms with Gasteiger partial charge < -0.3 is 14.8 Å². The number of methoxy groups -OCH3 is 1. The molecule has 3 rings (SSSR count). The average molecular weight is 394 g/mol. The molecular weight excluding hydrogens is 375 g/mol. The van der Waals surface area contributed by atoms with Crippen molar-refractivity contribution in [2.24, 2.45) is 0 Å². The van der Waals surface area contributed by atoms with Gasteiger partial charge in [-0.1, -0.05) is 0 Å². The third-order valence-corrected chi connectivity index (χ3v) is 5.69. The number of hydrogen-bond acceptors (Lipinski definition) is 5. The van der Waals surface area contributed by atoms with E-state index in [1.54, 1.807) is 6.92 Å². The molecule has 2 aromatic rings. The Morgan fingerprint density at radius 2 is 1.85 bits per heavy atom. The molecule has 0 radical (unpaired) electrons. The van der Waals surface area contributed by atoms with Crippen LogP contribution in [0.25, 0.3) is 0 Å². The number of rotatable bonds is 6. The third kappa shape index (κ3) is 4.26. The lowest BCUT2D eigenvalue weighted by Crippen LogP contribution is -2.59. The number of amides is 1. The van der Waals surface area contributed by atoms with Crippen LogP contribution in [0.5, 0.6) is 5.75 Å². The Kier molecular flexibility index (Phi) is 5.18. The topological polar surface area (TPSA) is 93.7 Å². The number of carbonyl (C=O) groups is 1. The molecule has 0 saturated carbocycles. The van der Waals surface area contributed by atoms with Crippen molar-refractivity contribution >= 4 is 21.6 Å². The number of carbonyl (C=O) groups excluding carboxylic acids is 1. The highest BCUT2D eigenvalue weighted by molar-refractivity contribution is 7.89. The number of nitrogens with one attached hydrogen (secondary N) is 2. The van der Waals surface area contributed by atoms with Gasteiger partial charge in [0.25, 0.3) is 5.91 Å². The zero-order valence-electron chi connectivity index (χ0n) is 14.8. The Hall–Kier alpha value is -2.49. The second-order valence-corrected chi connectivity index (χ2v) is 8.16. The smallest absolute Gasteiger partial charge is 0.259 e. The molecule has 0 aliphatic carbocycles. The lowest BCUT2D eigenvalue weighted by Gasteiger charge is -2.38. The van der Waals surface area contributed by atoms with E-state index in [9.17, 15) is 17.6 Å². The van der Waals surface area contributed by atoms with E-state index in [4.69, 9.17) is 9.47 Å². The van der Waals surface area contributed by atoms with Crippen LogP contribution in [-0.2, 0) is 14.8 Å². The first-order valence-corrected chi connectivity index (χ1v) is 9.57. The highest BCUT2D eigenvalue weighted by atomic mass is 32.2. The van der Waals surface area contributed by atoms with Gasteiger partial charge >= 0.3 is 0 Å². The van der Waals surface area contributed by atoms with Crippen molar-refractivity contribution in [3.8, 4) is 5.75 Å². The summed E-state index contributed by atoms with van der Waals surface area (Å²) in [5, 5.41) is 2.59. The van der Waals surface area contributed by atoms with Gasteiger partial charge in [0.05, 0.1) is 36.3 Å². The lowest BCUT2D eigenvalue weighted by molar-refractivity contribution is -0.0523. The molecule has 1 heterocycles. The highest BCUT2D eigenvalue weighted by Gasteiger charge is 2.38. The van der Waals surface area contributed by atoms with E-state index in [0.29, 0.717) is 5.69 Å². The predicted octanol–water partition coefficient (Wildman–Crippen LogP) is 2.15. The maximum atomic E-state index is 13.0. The summed E-state index contributed by atoms with van der Waals surface area (Å²) < 4.78 is 51.1. The van der Waals surface area contributed by atoms with Gasteiger partial charge in [-0.05, 0) is 49.4 Å². The van der Waals surface area contributed by atoms with Crippen molar-refractivity contribution in [1.82, 2.24) is 4.72 Å². The van der Waals surface area contributed by atoms with Gasteiger partial charge in [-0.3, -0.25) is 4.79 Å². The first-order valence-electron chi connectivity index (χ1n) is 8.09. The summed E-state index contributed by atoms with van der Waals surface area (Å²) >= 11 is 0. The van der Waals surface area contributed by atoms with Gasteiger partial charge in [-0.25, -0.2) is 17.5 Å². The molecule has 0 bridgehead atoms. The van der Waals surface area contributed by atoms with Crippen LogP contribution in [0.4, 0.5) is 10.1 Å². The van der Waals surface area contributed by atoms with Gasteiger partial charge in [-0.15, -0.1) is 0 Å². The molecule has 9 heteroatoms. The molecular formula is C18H19FN2O5S. The van der Waals surface area contributed by atoms with E-state index in [-0.39, 0.29) is 29.4 Å². The van der Waals surface area contributed by atoms with E-state index in [0.717, 1.165) is 0 Å². The van der Waals surface area contributed by atoms with Gasteiger partial charge in [0, 0.05) is 5.69 Å². The van der Waals surface area contributed by atoms with Crippen molar-refractivity contribution in [3.63, 3.8) is 0 Å². The first kappa shape index (κ1) is 19.3. The van der Waals surface area contributed by atoms with Gasteiger partial charge in [0.1, 0.15) is 11.6 Å². The predicted molar refractivity (Wildman–Crippen MR) is 96.9 cm³/mol. The molecule has 7 nitrogen and oxygen atoms in total. The van der Waals surface area contributed by atoms with Crippen LogP contribution in [0.2, 0.25) is 0 Å². The summed E-state index contributed by atoms with van der Waals surface area (Å²) in [6.07, 6.45) is 0. The number of ether oxygens (including phenoxy) is 2. The van der Waals surface area contributed by atoms with Gasteiger partial charge in [0.2, 0.25) is 10.0 Å². The fourth-order valence-electron chi connectivity index (χ4n) is 2.61. The maximum absolute atomic E-state index is 13.0. The fourth-order valence-corrected chi connectivity index (χ4v) is 4.02. The van der Waals surface area contributed by atoms with Gasteiger partial charge in [-0.2, -0.15) is 0 Å². The number of hydrogen-bond donors (Lipinski definition) is 2. The molecule has 0 unspecified atom stereocenters. The normalized spacial score (nSPS) is 15.7. The number of sulfonamides is 1. The summed E-state index contributed by atoms with van der Waals surface area (Å²) in [6.45, 7) is 2.29. The largest absolute Gasteiger partial charge is 0.496 e. The summed E-state index contributed by atoms with van der Waals surface area (Å²) in [6, 6.07) is 9.23. The van der Waals surface area contributed by atoms with Crippen LogP contribution in [0.3, 0.4) is 0 Å². The van der Waals surface area contributed by atoms with Gasteiger partial charge in [0.15, 0.2) is 0 Å². The molecule has 2 N–H and O–H groups in total. The second kappa shape index (κ2) is 7.26. The molecule has 2 aromatic carbocycles. The quantitative estimate of drug-likeness (QED) is 0.783. The zero-order valence-corrected chi connectivity index (χ0v) is 15.6.